The molecule has 0 aliphatic heterocycles. The molecule has 0 saturated carbocycles. The molecule has 3 heteroatoms. The van der Waals surface area contributed by atoms with Crippen LogP contribution >= 0.6 is 0 Å². The van der Waals surface area contributed by atoms with Crippen LogP contribution in [0.3, 0.4) is 0 Å². The number of benzene rings is 1. The Balaban J connectivity index is 2.39. The molecule has 3 nitrogen and oxygen atoms in total. The average molecular weight is 195 g/mol. The molecule has 1 unspecified atom stereocenters. The molecule has 0 aliphatic rings. The fraction of sp³-hybridized carbons (Fsp3) is 0.0833. The van der Waals surface area contributed by atoms with Gasteiger partial charge in [-0.05, 0) is 5.56 Å². The molecule has 0 amide bonds. The number of hydrogen-bond acceptors (Lipinski definition) is 3. The van der Waals surface area contributed by atoms with Crippen molar-refractivity contribution in [2.45, 2.75) is 5.92 Å². The molecule has 0 bridgehead atoms. The van der Waals surface area contributed by atoms with E-state index in [0.29, 0.717) is 0 Å². The van der Waals surface area contributed by atoms with Crippen LogP contribution < -0.4 is 0 Å². The van der Waals surface area contributed by atoms with E-state index < -0.39 is 0 Å². The van der Waals surface area contributed by atoms with Crippen molar-refractivity contribution in [1.82, 2.24) is 9.97 Å². The van der Waals surface area contributed by atoms with E-state index in [1.165, 1.54) is 6.33 Å². The van der Waals surface area contributed by atoms with E-state index in [4.69, 9.17) is 5.26 Å². The Morgan fingerprint density at radius 2 is 1.67 bits per heavy atom. The second-order valence-corrected chi connectivity index (χ2v) is 3.14. The molecule has 0 N–H and O–H groups in total. The standard InChI is InChI=1S/C12H9N3/c13-6-12(10-4-2-1-3-5-10)11-7-14-9-15-8-11/h1-5,7-9,12H. The van der Waals surface area contributed by atoms with Gasteiger partial charge in [0.05, 0.1) is 12.0 Å². The molecule has 1 aromatic carbocycles. The third-order valence-electron chi connectivity index (χ3n) is 2.18. The number of nitriles is 1. The minimum absolute atomic E-state index is 0.285. The van der Waals surface area contributed by atoms with Gasteiger partial charge in [0, 0.05) is 18.0 Å². The number of aromatic nitrogens is 2. The van der Waals surface area contributed by atoms with Gasteiger partial charge in [0.1, 0.15) is 6.33 Å². The highest BCUT2D eigenvalue weighted by molar-refractivity contribution is 5.35. The minimum atomic E-state index is -0.285. The Morgan fingerprint density at radius 3 is 2.27 bits per heavy atom. The topological polar surface area (TPSA) is 49.6 Å². The van der Waals surface area contributed by atoms with E-state index in [-0.39, 0.29) is 5.92 Å². The summed E-state index contributed by atoms with van der Waals surface area (Å²) >= 11 is 0. The Kier molecular flexibility index (Phi) is 2.70. The highest BCUT2D eigenvalue weighted by atomic mass is 14.8. The summed E-state index contributed by atoms with van der Waals surface area (Å²) in [6, 6.07) is 11.9. The highest BCUT2D eigenvalue weighted by Gasteiger charge is 2.12. The summed E-state index contributed by atoms with van der Waals surface area (Å²) in [5.41, 5.74) is 1.79. The Morgan fingerprint density at radius 1 is 1.00 bits per heavy atom. The monoisotopic (exact) mass is 195 g/mol. The van der Waals surface area contributed by atoms with Gasteiger partial charge >= 0.3 is 0 Å². The van der Waals surface area contributed by atoms with Gasteiger partial charge in [-0.15, -0.1) is 0 Å². The summed E-state index contributed by atoms with van der Waals surface area (Å²) in [4.78, 5) is 7.83. The molecule has 15 heavy (non-hydrogen) atoms. The van der Waals surface area contributed by atoms with Crippen molar-refractivity contribution in [2.75, 3.05) is 0 Å². The molecular weight excluding hydrogens is 186 g/mol. The zero-order valence-electron chi connectivity index (χ0n) is 8.04. The molecule has 2 rings (SSSR count). The van der Waals surface area contributed by atoms with E-state index in [2.05, 4.69) is 16.0 Å². The zero-order chi connectivity index (χ0) is 10.5. The first-order valence-electron chi connectivity index (χ1n) is 4.61. The Hall–Kier alpha value is -2.21. The van der Waals surface area contributed by atoms with Gasteiger partial charge in [-0.25, -0.2) is 9.97 Å². The molecule has 0 aliphatic carbocycles. The van der Waals surface area contributed by atoms with Gasteiger partial charge in [0.15, 0.2) is 0 Å². The van der Waals surface area contributed by atoms with E-state index in [1.54, 1.807) is 12.4 Å². The van der Waals surface area contributed by atoms with Crippen LogP contribution in [0.1, 0.15) is 17.0 Å². The summed E-state index contributed by atoms with van der Waals surface area (Å²) in [5, 5.41) is 9.13. The van der Waals surface area contributed by atoms with Crippen LogP contribution in [0.15, 0.2) is 49.1 Å². The maximum absolute atomic E-state index is 9.13. The Labute approximate surface area is 88.1 Å². The Bertz CT molecular complexity index is 420. The van der Waals surface area contributed by atoms with Crippen LogP contribution in [0.4, 0.5) is 0 Å². The lowest BCUT2D eigenvalue weighted by atomic mass is 9.95. The number of rotatable bonds is 2. The van der Waals surface area contributed by atoms with Gasteiger partial charge in [-0.2, -0.15) is 5.26 Å². The summed E-state index contributed by atoms with van der Waals surface area (Å²) in [6.07, 6.45) is 4.81. The van der Waals surface area contributed by atoms with E-state index in [1.807, 2.05) is 30.3 Å². The van der Waals surface area contributed by atoms with Gasteiger partial charge in [-0.3, -0.25) is 0 Å². The quantitative estimate of drug-likeness (QED) is 0.737. The molecule has 1 heterocycles. The van der Waals surface area contributed by atoms with Crippen LogP contribution in [0.5, 0.6) is 0 Å². The SMILES string of the molecule is N#CC(c1ccccc1)c1cncnc1. The molecule has 0 saturated heterocycles. The normalized spacial score (nSPS) is 11.7. The van der Waals surface area contributed by atoms with Gasteiger partial charge in [0.2, 0.25) is 0 Å². The third kappa shape index (κ3) is 2.00. The number of nitrogens with zero attached hydrogens (tertiary/aromatic N) is 3. The van der Waals surface area contributed by atoms with Crippen molar-refractivity contribution in [3.8, 4) is 6.07 Å². The summed E-state index contributed by atoms with van der Waals surface area (Å²) in [6.45, 7) is 0. The summed E-state index contributed by atoms with van der Waals surface area (Å²) in [7, 11) is 0. The first kappa shape index (κ1) is 9.35. The van der Waals surface area contributed by atoms with Crippen LogP contribution in [0.25, 0.3) is 0 Å². The second kappa shape index (κ2) is 4.34. The van der Waals surface area contributed by atoms with Crippen molar-refractivity contribution in [3.63, 3.8) is 0 Å². The molecule has 2 aromatic rings. The molecule has 0 spiro atoms. The third-order valence-corrected chi connectivity index (χ3v) is 2.18. The molecule has 1 aromatic heterocycles. The van der Waals surface area contributed by atoms with Crippen LogP contribution in [-0.4, -0.2) is 9.97 Å². The van der Waals surface area contributed by atoms with Crippen molar-refractivity contribution in [1.29, 1.82) is 5.26 Å². The first-order valence-corrected chi connectivity index (χ1v) is 4.61. The average Bonchev–Trinajstić information content (AvgIpc) is 2.33. The van der Waals surface area contributed by atoms with E-state index in [9.17, 15) is 0 Å². The molecule has 1 atom stereocenters. The molecule has 0 radical (unpaired) electrons. The maximum atomic E-state index is 9.13. The molecule has 72 valence electrons. The van der Waals surface area contributed by atoms with Crippen molar-refractivity contribution in [2.24, 2.45) is 0 Å². The fourth-order valence-corrected chi connectivity index (χ4v) is 1.45. The lowest BCUT2D eigenvalue weighted by Gasteiger charge is -2.07. The molecular formula is C12H9N3. The van der Waals surface area contributed by atoms with Crippen LogP contribution in [0.2, 0.25) is 0 Å². The van der Waals surface area contributed by atoms with Gasteiger partial charge in [0.25, 0.3) is 0 Å². The lowest BCUT2D eigenvalue weighted by Crippen LogP contribution is -1.98. The van der Waals surface area contributed by atoms with Crippen molar-refractivity contribution >= 4 is 0 Å². The number of hydrogen-bond donors (Lipinski definition) is 0. The first-order chi connectivity index (χ1) is 7.42. The van der Waals surface area contributed by atoms with Crippen LogP contribution in [-0.2, 0) is 0 Å². The van der Waals surface area contributed by atoms with Gasteiger partial charge in [-0.1, -0.05) is 30.3 Å². The predicted octanol–water partition coefficient (Wildman–Crippen LogP) is 2.13. The molecule has 0 fully saturated rings. The summed E-state index contributed by atoms with van der Waals surface area (Å²) in [5.74, 6) is -0.285. The fourth-order valence-electron chi connectivity index (χ4n) is 1.45. The highest BCUT2D eigenvalue weighted by Crippen LogP contribution is 2.21. The smallest absolute Gasteiger partial charge is 0.115 e. The maximum Gasteiger partial charge on any atom is 0.115 e. The lowest BCUT2D eigenvalue weighted by molar-refractivity contribution is 0.985. The zero-order valence-corrected chi connectivity index (χ0v) is 8.04. The minimum Gasteiger partial charge on any atom is -0.244 e. The van der Waals surface area contributed by atoms with Crippen LogP contribution in [0, 0.1) is 11.3 Å². The van der Waals surface area contributed by atoms with Gasteiger partial charge < -0.3 is 0 Å². The van der Waals surface area contributed by atoms with E-state index in [0.717, 1.165) is 11.1 Å². The van der Waals surface area contributed by atoms with E-state index >= 15 is 0 Å². The summed E-state index contributed by atoms with van der Waals surface area (Å²) < 4.78 is 0. The van der Waals surface area contributed by atoms with Crippen molar-refractivity contribution in [3.05, 3.63) is 60.2 Å². The largest absolute Gasteiger partial charge is 0.244 e. The predicted molar refractivity (Wildman–Crippen MR) is 55.9 cm³/mol. The second-order valence-electron chi connectivity index (χ2n) is 3.14. The van der Waals surface area contributed by atoms with Crippen molar-refractivity contribution < 1.29 is 0 Å².